The van der Waals surface area contributed by atoms with Gasteiger partial charge in [-0.2, -0.15) is 0 Å². The molecule has 1 fully saturated rings. The molecule has 1 rings (SSSR count). The zero-order chi connectivity index (χ0) is 31.7. The quantitative estimate of drug-likeness (QED) is 0.0651. The molecule has 6 N–H and O–H groups in total. The van der Waals surface area contributed by atoms with Crippen molar-refractivity contribution >= 4 is 5.91 Å². The van der Waals surface area contributed by atoms with Gasteiger partial charge >= 0.3 is 0 Å². The van der Waals surface area contributed by atoms with Crippen LogP contribution in [-0.4, -0.2) is 87.5 Å². The molecular weight excluding hydrogens is 550 g/mol. The SMILES string of the molecule is CCCCCCCCCCCCCC[C@@H](O)[C@H](CO[C@@H]1O[C@H](CO)[C@@H](O)C(O)C1O)NC(=O)CCCCCCCCCC. The average Bonchev–Trinajstić information content (AvgIpc) is 3.00. The summed E-state index contributed by atoms with van der Waals surface area (Å²) < 4.78 is 11.1. The summed E-state index contributed by atoms with van der Waals surface area (Å²) in [6.07, 6.45) is 16.9. The number of rotatable bonds is 28. The van der Waals surface area contributed by atoms with Crippen LogP contribution in [0, 0.1) is 0 Å². The second-order valence-corrected chi connectivity index (χ2v) is 12.7. The van der Waals surface area contributed by atoms with Crippen molar-refractivity contribution in [2.75, 3.05) is 13.2 Å². The van der Waals surface area contributed by atoms with Crippen LogP contribution in [0.5, 0.6) is 0 Å². The fraction of sp³-hybridized carbons (Fsp3) is 0.971. The topological polar surface area (TPSA) is 149 Å². The molecule has 0 aromatic carbocycles. The molecule has 2 unspecified atom stereocenters. The van der Waals surface area contributed by atoms with Crippen molar-refractivity contribution in [1.29, 1.82) is 0 Å². The number of hydrogen-bond acceptors (Lipinski definition) is 8. The molecule has 0 aromatic heterocycles. The van der Waals surface area contributed by atoms with E-state index in [1.54, 1.807) is 0 Å². The maximum absolute atomic E-state index is 12.8. The molecule has 43 heavy (non-hydrogen) atoms. The lowest BCUT2D eigenvalue weighted by Crippen LogP contribution is -2.60. The van der Waals surface area contributed by atoms with E-state index in [9.17, 15) is 30.3 Å². The highest BCUT2D eigenvalue weighted by Gasteiger charge is 2.44. The minimum Gasteiger partial charge on any atom is -0.394 e. The Morgan fingerprint density at radius 1 is 0.698 bits per heavy atom. The zero-order valence-electron chi connectivity index (χ0n) is 27.5. The lowest BCUT2D eigenvalue weighted by molar-refractivity contribution is -0.302. The monoisotopic (exact) mass is 617 g/mol. The largest absolute Gasteiger partial charge is 0.394 e. The molecule has 1 aliphatic rings. The van der Waals surface area contributed by atoms with Gasteiger partial charge in [0.25, 0.3) is 0 Å². The molecule has 0 aromatic rings. The molecule has 1 saturated heterocycles. The van der Waals surface area contributed by atoms with Crippen LogP contribution in [0.3, 0.4) is 0 Å². The van der Waals surface area contributed by atoms with Crippen molar-refractivity contribution in [3.05, 3.63) is 0 Å². The fourth-order valence-electron chi connectivity index (χ4n) is 5.75. The number of amides is 1. The Balaban J connectivity index is 2.46. The molecule has 1 amide bonds. The van der Waals surface area contributed by atoms with Gasteiger partial charge in [-0.25, -0.2) is 0 Å². The second-order valence-electron chi connectivity index (χ2n) is 12.7. The minimum absolute atomic E-state index is 0.134. The molecule has 7 atom stereocenters. The molecule has 9 nitrogen and oxygen atoms in total. The molecule has 0 spiro atoms. The predicted octanol–water partition coefficient (Wildman–Crippen LogP) is 5.27. The average molecular weight is 618 g/mol. The third-order valence-electron chi connectivity index (χ3n) is 8.71. The number of ether oxygens (including phenoxy) is 2. The van der Waals surface area contributed by atoms with Crippen LogP contribution in [0.25, 0.3) is 0 Å². The van der Waals surface area contributed by atoms with Gasteiger partial charge in [0.05, 0.1) is 25.4 Å². The number of carbonyl (C=O) groups is 1. The summed E-state index contributed by atoms with van der Waals surface area (Å²) in [5.41, 5.74) is 0. The Bertz CT molecular complexity index is 652. The smallest absolute Gasteiger partial charge is 0.220 e. The van der Waals surface area contributed by atoms with Crippen molar-refractivity contribution in [1.82, 2.24) is 5.32 Å². The highest BCUT2D eigenvalue weighted by atomic mass is 16.7. The van der Waals surface area contributed by atoms with E-state index in [0.717, 1.165) is 38.5 Å². The van der Waals surface area contributed by atoms with E-state index in [4.69, 9.17) is 9.47 Å². The molecule has 0 saturated carbocycles. The van der Waals surface area contributed by atoms with Gasteiger partial charge in [-0.1, -0.05) is 136 Å². The summed E-state index contributed by atoms with van der Waals surface area (Å²) in [7, 11) is 0. The van der Waals surface area contributed by atoms with Crippen molar-refractivity contribution in [2.45, 2.75) is 198 Å². The van der Waals surface area contributed by atoms with Crippen molar-refractivity contribution < 1.29 is 39.8 Å². The van der Waals surface area contributed by atoms with Gasteiger partial charge < -0.3 is 40.3 Å². The number of carbonyl (C=O) groups excluding carboxylic acids is 1. The molecule has 0 aliphatic carbocycles. The van der Waals surface area contributed by atoms with Gasteiger partial charge in [-0.05, 0) is 12.8 Å². The molecule has 1 heterocycles. The second kappa shape index (κ2) is 26.4. The van der Waals surface area contributed by atoms with E-state index >= 15 is 0 Å². The van der Waals surface area contributed by atoms with E-state index < -0.39 is 49.5 Å². The Labute approximate surface area is 262 Å². The number of aliphatic hydroxyl groups excluding tert-OH is 5. The lowest BCUT2D eigenvalue weighted by Gasteiger charge is -2.40. The van der Waals surface area contributed by atoms with E-state index in [0.29, 0.717) is 12.8 Å². The van der Waals surface area contributed by atoms with Gasteiger partial charge in [-0.15, -0.1) is 0 Å². The first-order valence-corrected chi connectivity index (χ1v) is 17.7. The van der Waals surface area contributed by atoms with E-state index in [2.05, 4.69) is 19.2 Å². The van der Waals surface area contributed by atoms with Crippen molar-refractivity contribution in [2.24, 2.45) is 0 Å². The van der Waals surface area contributed by atoms with Gasteiger partial charge in [0, 0.05) is 6.42 Å². The Hall–Kier alpha value is -0.810. The van der Waals surface area contributed by atoms with E-state index in [1.165, 1.54) is 89.9 Å². The molecule has 256 valence electrons. The van der Waals surface area contributed by atoms with Gasteiger partial charge in [0.2, 0.25) is 5.91 Å². The maximum Gasteiger partial charge on any atom is 0.220 e. The number of unbranched alkanes of at least 4 members (excludes halogenated alkanes) is 18. The van der Waals surface area contributed by atoms with Gasteiger partial charge in [0.1, 0.15) is 24.4 Å². The Morgan fingerprint density at radius 2 is 1.16 bits per heavy atom. The standard InChI is InChI=1S/C34H67NO8/c1-3-5-7-9-11-13-14-15-16-17-19-21-23-28(37)27(35-30(38)24-22-20-18-12-10-8-6-4-2)26-42-34-33(41)32(40)31(39)29(25-36)43-34/h27-29,31-34,36-37,39-41H,3-26H2,1-2H3,(H,35,38)/t27-,28+,29+,31+,32?,33?,34+/m0/s1. The van der Waals surface area contributed by atoms with Crippen molar-refractivity contribution in [3.63, 3.8) is 0 Å². The Morgan fingerprint density at radius 3 is 1.65 bits per heavy atom. The van der Waals surface area contributed by atoms with Gasteiger partial charge in [-0.3, -0.25) is 4.79 Å². The molecular formula is C34H67NO8. The third kappa shape index (κ3) is 18.7. The molecule has 9 heteroatoms. The third-order valence-corrected chi connectivity index (χ3v) is 8.71. The van der Waals surface area contributed by atoms with Crippen molar-refractivity contribution in [3.8, 4) is 0 Å². The highest BCUT2D eigenvalue weighted by molar-refractivity contribution is 5.76. The summed E-state index contributed by atoms with van der Waals surface area (Å²) in [5, 5.41) is 53.8. The molecule has 0 bridgehead atoms. The first-order chi connectivity index (χ1) is 20.8. The number of nitrogens with one attached hydrogen (secondary N) is 1. The first kappa shape index (κ1) is 40.2. The van der Waals surface area contributed by atoms with E-state index in [1.807, 2.05) is 0 Å². The summed E-state index contributed by atoms with van der Waals surface area (Å²) >= 11 is 0. The van der Waals surface area contributed by atoms with Crippen LogP contribution in [0.1, 0.15) is 155 Å². The summed E-state index contributed by atoms with van der Waals surface area (Å²) in [6.45, 7) is 3.76. The van der Waals surface area contributed by atoms with Crippen LogP contribution < -0.4 is 5.32 Å². The normalized spacial score (nSPS) is 23.7. The minimum atomic E-state index is -1.54. The first-order valence-electron chi connectivity index (χ1n) is 17.7. The maximum atomic E-state index is 12.8. The number of hydrogen-bond donors (Lipinski definition) is 6. The zero-order valence-corrected chi connectivity index (χ0v) is 27.5. The Kier molecular flexibility index (Phi) is 24.7. The van der Waals surface area contributed by atoms with E-state index in [-0.39, 0.29) is 12.5 Å². The summed E-state index contributed by atoms with van der Waals surface area (Å²) in [5.74, 6) is -0.151. The summed E-state index contributed by atoms with van der Waals surface area (Å²) in [6, 6.07) is -0.707. The van der Waals surface area contributed by atoms with Crippen LogP contribution >= 0.6 is 0 Å². The predicted molar refractivity (Wildman–Crippen MR) is 171 cm³/mol. The molecule has 0 radical (unpaired) electrons. The lowest BCUT2D eigenvalue weighted by atomic mass is 9.99. The van der Waals surface area contributed by atoms with Gasteiger partial charge in [0.15, 0.2) is 6.29 Å². The summed E-state index contributed by atoms with van der Waals surface area (Å²) in [4.78, 5) is 12.8. The van der Waals surface area contributed by atoms with Crippen LogP contribution in [0.2, 0.25) is 0 Å². The van der Waals surface area contributed by atoms with Crippen LogP contribution in [0.15, 0.2) is 0 Å². The fourth-order valence-corrected chi connectivity index (χ4v) is 5.75. The van der Waals surface area contributed by atoms with Crippen LogP contribution in [-0.2, 0) is 14.3 Å². The molecule has 1 aliphatic heterocycles. The number of aliphatic hydroxyl groups is 5. The van der Waals surface area contributed by atoms with Crippen LogP contribution in [0.4, 0.5) is 0 Å². The highest BCUT2D eigenvalue weighted by Crippen LogP contribution is 2.23.